The van der Waals surface area contributed by atoms with Crippen molar-refractivity contribution in [2.75, 3.05) is 0 Å². The van der Waals surface area contributed by atoms with Crippen LogP contribution in [0.3, 0.4) is 0 Å². The number of carbonyl (C=O) groups excluding carboxylic acids is 1. The van der Waals surface area contributed by atoms with Crippen LogP contribution in [0, 0.1) is 0 Å². The molecule has 8 nitrogen and oxygen atoms in total. The summed E-state index contributed by atoms with van der Waals surface area (Å²) in [7, 11) is 0. The highest BCUT2D eigenvalue weighted by Crippen LogP contribution is 2.17. The van der Waals surface area contributed by atoms with Gasteiger partial charge in [-0.25, -0.2) is 4.79 Å². The Labute approximate surface area is 155 Å². The highest BCUT2D eigenvalue weighted by atomic mass is 16.5. The van der Waals surface area contributed by atoms with Crippen LogP contribution in [0.2, 0.25) is 0 Å². The number of carbonyl (C=O) groups is 2. The van der Waals surface area contributed by atoms with Gasteiger partial charge < -0.3 is 18.9 Å². The van der Waals surface area contributed by atoms with Crippen molar-refractivity contribution >= 4 is 11.9 Å². The van der Waals surface area contributed by atoms with Crippen LogP contribution in [-0.2, 0) is 22.6 Å². The fraction of sp³-hybridized carbons (Fsp3) is 0.263. The van der Waals surface area contributed by atoms with Crippen molar-refractivity contribution in [3.8, 4) is 11.6 Å². The zero-order valence-corrected chi connectivity index (χ0v) is 14.7. The Kier molecular flexibility index (Phi) is 5.65. The summed E-state index contributed by atoms with van der Waals surface area (Å²) in [6.45, 7) is 1.71. The first-order valence-electron chi connectivity index (χ1n) is 8.47. The lowest BCUT2D eigenvalue weighted by molar-refractivity contribution is -0.150. The Balaban J connectivity index is 1.66. The number of amides is 1. The first kappa shape index (κ1) is 18.4. The van der Waals surface area contributed by atoms with Gasteiger partial charge in [-0.05, 0) is 24.6 Å². The molecule has 1 unspecified atom stereocenters. The summed E-state index contributed by atoms with van der Waals surface area (Å²) in [4.78, 5) is 29.6. The summed E-state index contributed by atoms with van der Waals surface area (Å²) in [6.07, 6.45) is 1.78. The number of nitrogens with zero attached hydrogens (tertiary/aromatic N) is 3. The molecular formula is C19H19N3O5. The zero-order chi connectivity index (χ0) is 19.2. The van der Waals surface area contributed by atoms with Crippen LogP contribution in [-0.4, -0.2) is 38.1 Å². The molecule has 2 heterocycles. The van der Waals surface area contributed by atoms with E-state index in [1.165, 1.54) is 18.1 Å². The number of carboxylic acid groups (broad SMARTS) is 1. The quantitative estimate of drug-likeness (QED) is 0.650. The van der Waals surface area contributed by atoms with Crippen molar-refractivity contribution in [1.82, 2.24) is 15.0 Å². The van der Waals surface area contributed by atoms with E-state index in [1.54, 1.807) is 12.1 Å². The van der Waals surface area contributed by atoms with Crippen LogP contribution in [0.4, 0.5) is 0 Å². The molecule has 1 atom stereocenters. The highest BCUT2D eigenvalue weighted by molar-refractivity contribution is 5.83. The van der Waals surface area contributed by atoms with E-state index in [2.05, 4.69) is 10.1 Å². The molecular weight excluding hydrogens is 350 g/mol. The molecule has 0 bridgehead atoms. The predicted molar refractivity (Wildman–Crippen MR) is 94.4 cm³/mol. The minimum Gasteiger partial charge on any atom is -0.480 e. The Morgan fingerprint density at radius 2 is 1.96 bits per heavy atom. The molecule has 0 spiro atoms. The maximum atomic E-state index is 12.7. The number of aliphatic carboxylic acids is 1. The number of benzene rings is 1. The van der Waals surface area contributed by atoms with Crippen LogP contribution < -0.4 is 0 Å². The molecule has 2 aromatic heterocycles. The number of aromatic nitrogens is 2. The zero-order valence-electron chi connectivity index (χ0n) is 14.7. The Morgan fingerprint density at radius 3 is 2.63 bits per heavy atom. The molecule has 27 heavy (non-hydrogen) atoms. The fourth-order valence-corrected chi connectivity index (χ4v) is 2.57. The minimum atomic E-state index is -1.06. The molecule has 0 aliphatic carbocycles. The van der Waals surface area contributed by atoms with Crippen LogP contribution in [0.1, 0.15) is 24.8 Å². The lowest BCUT2D eigenvalue weighted by Crippen LogP contribution is -2.42. The van der Waals surface area contributed by atoms with E-state index in [0.29, 0.717) is 11.6 Å². The van der Waals surface area contributed by atoms with Crippen molar-refractivity contribution in [1.29, 1.82) is 0 Å². The number of aryl methyl sites for hydroxylation is 1. The first-order chi connectivity index (χ1) is 13.0. The monoisotopic (exact) mass is 369 g/mol. The molecule has 0 aliphatic rings. The minimum absolute atomic E-state index is 0.0598. The number of furan rings is 1. The van der Waals surface area contributed by atoms with Crippen LogP contribution in [0.5, 0.6) is 0 Å². The summed E-state index contributed by atoms with van der Waals surface area (Å²) in [5.74, 6) is -0.287. The van der Waals surface area contributed by atoms with Gasteiger partial charge in [0.2, 0.25) is 17.6 Å². The van der Waals surface area contributed by atoms with Crippen LogP contribution >= 0.6 is 0 Å². The van der Waals surface area contributed by atoms with Crippen molar-refractivity contribution in [3.05, 3.63) is 60.2 Å². The smallest absolute Gasteiger partial charge is 0.326 e. The molecule has 1 amide bonds. The van der Waals surface area contributed by atoms with Gasteiger partial charge in [0, 0.05) is 19.4 Å². The van der Waals surface area contributed by atoms with Gasteiger partial charge in [-0.3, -0.25) is 4.79 Å². The van der Waals surface area contributed by atoms with Crippen molar-refractivity contribution in [3.63, 3.8) is 0 Å². The second kappa shape index (κ2) is 8.31. The second-order valence-electron chi connectivity index (χ2n) is 6.01. The molecule has 1 aromatic carbocycles. The summed E-state index contributed by atoms with van der Waals surface area (Å²) in [6, 6.07) is 11.7. The molecule has 0 saturated carbocycles. The number of hydrogen-bond acceptors (Lipinski definition) is 6. The number of carboxylic acids is 1. The molecule has 140 valence electrons. The average Bonchev–Trinajstić information content (AvgIpc) is 3.35. The topological polar surface area (TPSA) is 110 Å². The maximum Gasteiger partial charge on any atom is 0.326 e. The molecule has 0 radical (unpaired) electrons. The van der Waals surface area contributed by atoms with Gasteiger partial charge in [-0.2, -0.15) is 4.98 Å². The third-order valence-corrected chi connectivity index (χ3v) is 4.10. The molecule has 0 fully saturated rings. The Hall–Kier alpha value is -3.42. The molecule has 0 aliphatic heterocycles. The molecule has 1 N–H and O–H groups in total. The Bertz CT molecular complexity index is 889. The molecule has 0 saturated heterocycles. The summed E-state index contributed by atoms with van der Waals surface area (Å²) < 4.78 is 10.3. The highest BCUT2D eigenvalue weighted by Gasteiger charge is 2.26. The normalized spacial score (nSPS) is 11.9. The largest absolute Gasteiger partial charge is 0.480 e. The average molecular weight is 369 g/mol. The standard InChI is InChI=1S/C19H19N3O5/c1-13(19(24)25)22(12-14-6-3-2-4-7-14)17(23)10-9-16-20-18(21-27-16)15-8-5-11-26-15/h2-8,11,13H,9-10,12H2,1H3,(H,24,25). The predicted octanol–water partition coefficient (Wildman–Crippen LogP) is 2.76. The lowest BCUT2D eigenvalue weighted by Gasteiger charge is -2.26. The SMILES string of the molecule is CC(C(=O)O)N(Cc1ccccc1)C(=O)CCc1nc(-c2ccco2)no1. The van der Waals surface area contributed by atoms with Gasteiger partial charge in [0.1, 0.15) is 6.04 Å². The van der Waals surface area contributed by atoms with E-state index >= 15 is 0 Å². The van der Waals surface area contributed by atoms with E-state index < -0.39 is 12.0 Å². The summed E-state index contributed by atoms with van der Waals surface area (Å²) in [5, 5.41) is 13.1. The Morgan fingerprint density at radius 1 is 1.19 bits per heavy atom. The van der Waals surface area contributed by atoms with Gasteiger partial charge in [0.15, 0.2) is 5.76 Å². The van der Waals surface area contributed by atoms with E-state index in [9.17, 15) is 14.7 Å². The van der Waals surface area contributed by atoms with Gasteiger partial charge in [-0.1, -0.05) is 35.5 Å². The van der Waals surface area contributed by atoms with Crippen molar-refractivity contribution in [2.24, 2.45) is 0 Å². The first-order valence-corrected chi connectivity index (χ1v) is 8.47. The fourth-order valence-electron chi connectivity index (χ4n) is 2.57. The second-order valence-corrected chi connectivity index (χ2v) is 6.01. The van der Waals surface area contributed by atoms with Gasteiger partial charge in [-0.15, -0.1) is 0 Å². The number of rotatable bonds is 8. The molecule has 3 aromatic rings. The third-order valence-electron chi connectivity index (χ3n) is 4.10. The van der Waals surface area contributed by atoms with Crippen LogP contribution in [0.15, 0.2) is 57.7 Å². The van der Waals surface area contributed by atoms with Gasteiger partial charge in [0.25, 0.3) is 0 Å². The van der Waals surface area contributed by atoms with Gasteiger partial charge >= 0.3 is 5.97 Å². The molecule has 8 heteroatoms. The summed E-state index contributed by atoms with van der Waals surface area (Å²) >= 11 is 0. The number of hydrogen-bond donors (Lipinski definition) is 1. The third kappa shape index (κ3) is 4.60. The van der Waals surface area contributed by atoms with Crippen LogP contribution in [0.25, 0.3) is 11.6 Å². The van der Waals surface area contributed by atoms with Gasteiger partial charge in [0.05, 0.1) is 6.26 Å². The maximum absolute atomic E-state index is 12.7. The van der Waals surface area contributed by atoms with Crippen molar-refractivity contribution in [2.45, 2.75) is 32.4 Å². The summed E-state index contributed by atoms with van der Waals surface area (Å²) in [5.41, 5.74) is 0.858. The lowest BCUT2D eigenvalue weighted by atomic mass is 10.1. The van der Waals surface area contributed by atoms with Crippen molar-refractivity contribution < 1.29 is 23.6 Å². The van der Waals surface area contributed by atoms with E-state index in [4.69, 9.17) is 8.94 Å². The van der Waals surface area contributed by atoms with E-state index in [1.807, 2.05) is 30.3 Å². The van der Waals surface area contributed by atoms with E-state index in [-0.39, 0.29) is 31.2 Å². The molecule has 3 rings (SSSR count). The van der Waals surface area contributed by atoms with E-state index in [0.717, 1.165) is 5.56 Å².